The lowest BCUT2D eigenvalue weighted by Crippen LogP contribution is -2.28. The molecule has 5 rings (SSSR count). The average Bonchev–Trinajstić information content (AvgIpc) is 3.56. The number of nitrogens with one attached hydrogen (secondary N) is 1. The number of nitrogens with zero attached hydrogens (tertiary/aromatic N) is 3. The van der Waals surface area contributed by atoms with Gasteiger partial charge in [0.25, 0.3) is 0 Å². The summed E-state index contributed by atoms with van der Waals surface area (Å²) in [5, 5.41) is 0. The van der Waals surface area contributed by atoms with Crippen molar-refractivity contribution in [2.75, 3.05) is 12.3 Å². The van der Waals surface area contributed by atoms with E-state index < -0.39 is 9.84 Å². The molecule has 0 aliphatic carbocycles. The molecule has 37 heavy (non-hydrogen) atoms. The summed E-state index contributed by atoms with van der Waals surface area (Å²) in [5.41, 5.74) is 3.99. The molecule has 4 aromatic rings. The zero-order valence-corrected chi connectivity index (χ0v) is 21.6. The lowest BCUT2D eigenvalue weighted by molar-refractivity contribution is -0.129. The maximum absolute atomic E-state index is 12.4. The van der Waals surface area contributed by atoms with Gasteiger partial charge in [-0.2, -0.15) is 0 Å². The van der Waals surface area contributed by atoms with Gasteiger partial charge in [-0.1, -0.05) is 25.6 Å². The van der Waals surface area contributed by atoms with Gasteiger partial charge in [0, 0.05) is 31.3 Å². The smallest absolute Gasteiger partial charge is 0.219 e. The third-order valence-corrected chi connectivity index (χ3v) is 8.44. The highest BCUT2D eigenvalue weighted by atomic mass is 32.2. The highest BCUT2D eigenvalue weighted by molar-refractivity contribution is 7.91. The quantitative estimate of drug-likeness (QED) is 0.346. The summed E-state index contributed by atoms with van der Waals surface area (Å²) in [5.74, 6) is 1.74. The third kappa shape index (κ3) is 4.86. The lowest BCUT2D eigenvalue weighted by Gasteiger charge is -2.25. The van der Waals surface area contributed by atoms with Crippen molar-refractivity contribution in [3.63, 3.8) is 0 Å². The van der Waals surface area contributed by atoms with E-state index in [0.717, 1.165) is 29.5 Å². The van der Waals surface area contributed by atoms with Crippen LogP contribution in [0.4, 0.5) is 0 Å². The second-order valence-electron chi connectivity index (χ2n) is 9.02. The van der Waals surface area contributed by atoms with Gasteiger partial charge in [0.2, 0.25) is 5.91 Å². The molecule has 2 aromatic heterocycles. The first-order chi connectivity index (χ1) is 17.8. The molecular formula is C28H28N4O4S. The summed E-state index contributed by atoms with van der Waals surface area (Å²) in [6.07, 6.45) is 5.19. The molecule has 8 nitrogen and oxygen atoms in total. The van der Waals surface area contributed by atoms with Gasteiger partial charge in [0.1, 0.15) is 17.2 Å². The number of carbonyl (C=O) groups excluding carboxylic acids is 1. The Morgan fingerprint density at radius 1 is 1.22 bits per heavy atom. The standard InChI is InChI=1S/C28H28N4O4S/c1-4-19-8-13-23(29-17-19)28-30-24-15-22(26-7-6-14-32(26)18(3)33)27(16-25(24)31-28)36-20-9-11-21(12-10-20)37(34,35)5-2/h4,8-13,15-17,26H,1,5-7,14H2,2-3H3,(H,30,31). The van der Waals surface area contributed by atoms with Crippen LogP contribution in [-0.2, 0) is 14.6 Å². The average molecular weight is 517 g/mol. The lowest BCUT2D eigenvalue weighted by atomic mass is 10.0. The van der Waals surface area contributed by atoms with Crippen molar-refractivity contribution < 1.29 is 17.9 Å². The van der Waals surface area contributed by atoms with E-state index in [-0.39, 0.29) is 22.6 Å². The van der Waals surface area contributed by atoms with Crippen LogP contribution < -0.4 is 4.74 Å². The third-order valence-electron chi connectivity index (χ3n) is 6.69. The highest BCUT2D eigenvalue weighted by Gasteiger charge is 2.31. The zero-order chi connectivity index (χ0) is 26.2. The predicted molar refractivity (Wildman–Crippen MR) is 143 cm³/mol. The maximum Gasteiger partial charge on any atom is 0.219 e. The molecule has 1 unspecified atom stereocenters. The second kappa shape index (κ2) is 9.82. The van der Waals surface area contributed by atoms with Gasteiger partial charge in [-0.25, -0.2) is 13.4 Å². The van der Waals surface area contributed by atoms with Crippen molar-refractivity contribution in [2.45, 2.75) is 37.6 Å². The molecule has 1 aliphatic rings. The van der Waals surface area contributed by atoms with Crippen LogP contribution in [-0.4, -0.2) is 46.5 Å². The largest absolute Gasteiger partial charge is 0.457 e. The van der Waals surface area contributed by atoms with Crippen LogP contribution >= 0.6 is 0 Å². The van der Waals surface area contributed by atoms with Crippen LogP contribution in [0.3, 0.4) is 0 Å². The van der Waals surface area contributed by atoms with E-state index in [9.17, 15) is 13.2 Å². The summed E-state index contributed by atoms with van der Waals surface area (Å²) in [6, 6.07) is 13.9. The van der Waals surface area contributed by atoms with Crippen LogP contribution in [0.5, 0.6) is 11.5 Å². The number of hydrogen-bond acceptors (Lipinski definition) is 6. The molecule has 1 aliphatic heterocycles. The Morgan fingerprint density at radius 3 is 2.65 bits per heavy atom. The van der Waals surface area contributed by atoms with Crippen LogP contribution in [0.25, 0.3) is 28.6 Å². The van der Waals surface area contributed by atoms with Crippen molar-refractivity contribution in [3.8, 4) is 23.0 Å². The summed E-state index contributed by atoms with van der Waals surface area (Å²) in [6.45, 7) is 7.65. The predicted octanol–water partition coefficient (Wildman–Crippen LogP) is 5.54. The van der Waals surface area contributed by atoms with Gasteiger partial charge < -0.3 is 14.6 Å². The Bertz CT molecular complexity index is 1580. The number of aromatic amines is 1. The highest BCUT2D eigenvalue weighted by Crippen LogP contribution is 2.41. The van der Waals surface area contributed by atoms with Crippen LogP contribution in [0.2, 0.25) is 0 Å². The van der Waals surface area contributed by atoms with Gasteiger partial charge in [-0.05, 0) is 54.8 Å². The Kier molecular flexibility index (Phi) is 6.55. The van der Waals surface area contributed by atoms with E-state index in [0.29, 0.717) is 35.1 Å². The first-order valence-corrected chi connectivity index (χ1v) is 13.8. The summed E-state index contributed by atoms with van der Waals surface area (Å²) in [7, 11) is -3.31. The number of amides is 1. The normalized spacial score (nSPS) is 15.7. The maximum atomic E-state index is 12.4. The van der Waals surface area contributed by atoms with Crippen LogP contribution in [0, 0.1) is 0 Å². The molecule has 1 saturated heterocycles. The fourth-order valence-corrected chi connectivity index (χ4v) is 5.55. The molecule has 1 atom stereocenters. The molecular weight excluding hydrogens is 488 g/mol. The number of likely N-dealkylation sites (tertiary alicyclic amines) is 1. The van der Waals surface area contributed by atoms with Gasteiger partial charge in [-0.15, -0.1) is 0 Å². The Morgan fingerprint density at radius 2 is 2.00 bits per heavy atom. The monoisotopic (exact) mass is 516 g/mol. The summed E-state index contributed by atoms with van der Waals surface area (Å²) >= 11 is 0. The molecule has 1 N–H and O–H groups in total. The molecule has 190 valence electrons. The van der Waals surface area contributed by atoms with Gasteiger partial charge >= 0.3 is 0 Å². The molecule has 1 amide bonds. The number of carbonyl (C=O) groups is 1. The fourth-order valence-electron chi connectivity index (χ4n) is 4.67. The second-order valence-corrected chi connectivity index (χ2v) is 11.3. The SMILES string of the molecule is C=Cc1ccc(-c2nc3cc(Oc4ccc(S(=O)(=O)CC)cc4)c(C4CCCN4C(C)=O)cc3[nH]2)nc1. The van der Waals surface area contributed by atoms with Crippen molar-refractivity contribution >= 4 is 32.9 Å². The number of hydrogen-bond donors (Lipinski definition) is 1. The molecule has 0 saturated carbocycles. The fraction of sp³-hybridized carbons (Fsp3) is 0.250. The van der Waals surface area contributed by atoms with E-state index in [4.69, 9.17) is 9.72 Å². The minimum atomic E-state index is -3.31. The molecule has 1 fully saturated rings. The number of rotatable bonds is 7. The van der Waals surface area contributed by atoms with E-state index >= 15 is 0 Å². The Hall–Kier alpha value is -3.98. The van der Waals surface area contributed by atoms with Crippen molar-refractivity contribution in [2.24, 2.45) is 0 Å². The number of sulfone groups is 1. The number of ether oxygens (including phenoxy) is 1. The Balaban J connectivity index is 1.57. The zero-order valence-electron chi connectivity index (χ0n) is 20.8. The minimum Gasteiger partial charge on any atom is -0.457 e. The van der Waals surface area contributed by atoms with Crippen LogP contribution in [0.15, 0.2) is 66.2 Å². The number of aromatic nitrogens is 3. The molecule has 0 bridgehead atoms. The minimum absolute atomic E-state index is 0.0134. The van der Waals surface area contributed by atoms with Gasteiger partial charge in [0.15, 0.2) is 15.7 Å². The molecule has 3 heterocycles. The number of H-pyrrole nitrogens is 1. The van der Waals surface area contributed by atoms with E-state index in [1.807, 2.05) is 29.2 Å². The molecule has 0 spiro atoms. The van der Waals surface area contributed by atoms with Gasteiger partial charge in [0.05, 0.1) is 27.7 Å². The summed E-state index contributed by atoms with van der Waals surface area (Å²) in [4.78, 5) is 27.0. The molecule has 9 heteroatoms. The number of fused-ring (bicyclic) bond motifs is 1. The first-order valence-electron chi connectivity index (χ1n) is 12.2. The van der Waals surface area contributed by atoms with Crippen molar-refractivity contribution in [1.29, 1.82) is 0 Å². The Labute approximate surface area is 215 Å². The molecule has 2 aromatic carbocycles. The van der Waals surface area contributed by atoms with E-state index in [1.165, 1.54) is 0 Å². The van der Waals surface area contributed by atoms with Crippen LogP contribution in [0.1, 0.15) is 43.9 Å². The topological polar surface area (TPSA) is 105 Å². The number of benzene rings is 2. The molecule has 0 radical (unpaired) electrons. The summed E-state index contributed by atoms with van der Waals surface area (Å²) < 4.78 is 30.7. The van der Waals surface area contributed by atoms with Gasteiger partial charge in [-0.3, -0.25) is 9.78 Å². The number of pyridine rings is 1. The van der Waals surface area contributed by atoms with Crippen molar-refractivity contribution in [3.05, 3.63) is 72.4 Å². The number of imidazole rings is 1. The first kappa shape index (κ1) is 24.7. The van der Waals surface area contributed by atoms with E-state index in [1.54, 1.807) is 50.4 Å². The van der Waals surface area contributed by atoms with E-state index in [2.05, 4.69) is 16.5 Å². The van der Waals surface area contributed by atoms with Crippen molar-refractivity contribution in [1.82, 2.24) is 19.9 Å².